The van der Waals surface area contributed by atoms with E-state index in [0.29, 0.717) is 49.7 Å². The molecule has 1 aromatic carbocycles. The first-order chi connectivity index (χ1) is 14.6. The molecule has 3 heterocycles. The maximum Gasteiger partial charge on any atom is 0.253 e. The second-order valence-electron chi connectivity index (χ2n) is 6.96. The summed E-state index contributed by atoms with van der Waals surface area (Å²) >= 11 is 1.60. The SMILES string of the molecule is Cc1nc(COc2ccc(C(=O)N3CCN(c4cc(C#N)ccn4)CC3)cc2)cs1. The molecule has 0 saturated carbocycles. The van der Waals surface area contributed by atoms with Gasteiger partial charge in [0.25, 0.3) is 5.91 Å². The molecule has 0 atom stereocenters. The van der Waals surface area contributed by atoms with Gasteiger partial charge in [-0.25, -0.2) is 9.97 Å². The van der Waals surface area contributed by atoms with Crippen molar-refractivity contribution >= 4 is 23.1 Å². The fraction of sp³-hybridized carbons (Fsp3) is 0.273. The first-order valence-corrected chi connectivity index (χ1v) is 10.5. The number of aryl methyl sites for hydroxylation is 1. The van der Waals surface area contributed by atoms with Crippen LogP contribution in [-0.2, 0) is 6.61 Å². The highest BCUT2D eigenvalue weighted by Gasteiger charge is 2.23. The van der Waals surface area contributed by atoms with Crippen molar-refractivity contribution in [2.75, 3.05) is 31.1 Å². The zero-order valence-corrected chi connectivity index (χ0v) is 17.4. The van der Waals surface area contributed by atoms with Crippen molar-refractivity contribution in [3.8, 4) is 11.8 Å². The molecule has 152 valence electrons. The number of anilines is 1. The second kappa shape index (κ2) is 8.93. The minimum absolute atomic E-state index is 0.00932. The van der Waals surface area contributed by atoms with E-state index in [-0.39, 0.29) is 5.91 Å². The summed E-state index contributed by atoms with van der Waals surface area (Å²) in [5.74, 6) is 1.50. The smallest absolute Gasteiger partial charge is 0.253 e. The molecule has 0 bridgehead atoms. The molecular weight excluding hydrogens is 398 g/mol. The van der Waals surface area contributed by atoms with Crippen molar-refractivity contribution in [3.05, 3.63) is 69.8 Å². The molecular formula is C22H21N5O2S. The molecule has 1 aliphatic heterocycles. The number of rotatable bonds is 5. The number of ether oxygens (including phenoxy) is 1. The Labute approximate surface area is 179 Å². The fourth-order valence-electron chi connectivity index (χ4n) is 3.31. The summed E-state index contributed by atoms with van der Waals surface area (Å²) in [5, 5.41) is 12.1. The Morgan fingerprint density at radius 1 is 1.20 bits per heavy atom. The lowest BCUT2D eigenvalue weighted by atomic mass is 10.1. The number of thiazole rings is 1. The van der Waals surface area contributed by atoms with Gasteiger partial charge in [0.15, 0.2) is 0 Å². The van der Waals surface area contributed by atoms with Crippen LogP contribution in [0.25, 0.3) is 0 Å². The highest BCUT2D eigenvalue weighted by Crippen LogP contribution is 2.19. The summed E-state index contributed by atoms with van der Waals surface area (Å²) < 4.78 is 5.75. The molecule has 30 heavy (non-hydrogen) atoms. The number of aromatic nitrogens is 2. The Morgan fingerprint density at radius 2 is 1.97 bits per heavy atom. The molecule has 1 fully saturated rings. The van der Waals surface area contributed by atoms with Crippen LogP contribution < -0.4 is 9.64 Å². The number of nitrogens with zero attached hydrogens (tertiary/aromatic N) is 5. The monoisotopic (exact) mass is 419 g/mol. The lowest BCUT2D eigenvalue weighted by Crippen LogP contribution is -2.49. The lowest BCUT2D eigenvalue weighted by molar-refractivity contribution is 0.0746. The molecule has 3 aromatic rings. The van der Waals surface area contributed by atoms with Crippen molar-refractivity contribution in [1.29, 1.82) is 5.26 Å². The Hall–Kier alpha value is -3.44. The molecule has 0 aliphatic carbocycles. The Morgan fingerprint density at radius 3 is 2.63 bits per heavy atom. The Bertz CT molecular complexity index is 1070. The van der Waals surface area contributed by atoms with Gasteiger partial charge in [-0.3, -0.25) is 4.79 Å². The van der Waals surface area contributed by atoms with Crippen molar-refractivity contribution < 1.29 is 9.53 Å². The van der Waals surface area contributed by atoms with Gasteiger partial charge in [-0.1, -0.05) is 0 Å². The van der Waals surface area contributed by atoms with Crippen LogP contribution >= 0.6 is 11.3 Å². The molecule has 4 rings (SSSR count). The predicted octanol–water partition coefficient (Wildman–Crippen LogP) is 3.26. The first kappa shape index (κ1) is 19.9. The molecule has 0 spiro atoms. The maximum atomic E-state index is 12.8. The summed E-state index contributed by atoms with van der Waals surface area (Å²) in [4.78, 5) is 25.5. The van der Waals surface area contributed by atoms with E-state index in [4.69, 9.17) is 10.00 Å². The largest absolute Gasteiger partial charge is 0.487 e. The third-order valence-electron chi connectivity index (χ3n) is 4.92. The molecule has 1 aliphatic rings. The van der Waals surface area contributed by atoms with E-state index in [9.17, 15) is 4.79 Å². The maximum absolute atomic E-state index is 12.8. The summed E-state index contributed by atoms with van der Waals surface area (Å²) in [6, 6.07) is 12.8. The van der Waals surface area contributed by atoms with Gasteiger partial charge in [-0.2, -0.15) is 5.26 Å². The fourth-order valence-corrected chi connectivity index (χ4v) is 3.90. The van der Waals surface area contributed by atoms with Crippen LogP contribution in [0.5, 0.6) is 5.75 Å². The second-order valence-corrected chi connectivity index (χ2v) is 8.03. The van der Waals surface area contributed by atoms with Crippen molar-refractivity contribution in [2.24, 2.45) is 0 Å². The van der Waals surface area contributed by atoms with Gasteiger partial charge in [-0.05, 0) is 43.3 Å². The topological polar surface area (TPSA) is 82.4 Å². The molecule has 1 amide bonds. The minimum atomic E-state index is 0.00932. The number of pyridine rings is 1. The number of amides is 1. The van der Waals surface area contributed by atoms with Crippen LogP contribution in [-0.4, -0.2) is 47.0 Å². The van der Waals surface area contributed by atoms with E-state index >= 15 is 0 Å². The van der Waals surface area contributed by atoms with Gasteiger partial charge in [0, 0.05) is 43.3 Å². The summed E-state index contributed by atoms with van der Waals surface area (Å²) in [6.45, 7) is 4.97. The zero-order valence-electron chi connectivity index (χ0n) is 16.6. The van der Waals surface area contributed by atoms with Crippen LogP contribution in [0.15, 0.2) is 48.0 Å². The zero-order chi connectivity index (χ0) is 20.9. The van der Waals surface area contributed by atoms with Crippen LogP contribution in [0.1, 0.15) is 26.6 Å². The quantitative estimate of drug-likeness (QED) is 0.631. The van der Waals surface area contributed by atoms with E-state index in [2.05, 4.69) is 20.9 Å². The highest BCUT2D eigenvalue weighted by atomic mass is 32.1. The standard InChI is InChI=1S/C22H21N5O2S/c1-16-25-19(15-30-16)14-29-20-4-2-18(3-5-20)22(28)27-10-8-26(9-11-27)21-12-17(13-23)6-7-24-21/h2-7,12,15H,8-11,14H2,1H3. The predicted molar refractivity (Wildman–Crippen MR) is 115 cm³/mol. The van der Waals surface area contributed by atoms with Gasteiger partial charge in [0.1, 0.15) is 18.2 Å². The summed E-state index contributed by atoms with van der Waals surface area (Å²) in [6.07, 6.45) is 1.64. The number of hydrogen-bond acceptors (Lipinski definition) is 7. The van der Waals surface area contributed by atoms with E-state index in [1.54, 1.807) is 41.8 Å². The van der Waals surface area contributed by atoms with Crippen LogP contribution in [0, 0.1) is 18.3 Å². The molecule has 2 aromatic heterocycles. The number of nitriles is 1. The lowest BCUT2D eigenvalue weighted by Gasteiger charge is -2.35. The van der Waals surface area contributed by atoms with Crippen LogP contribution in [0.4, 0.5) is 5.82 Å². The molecule has 8 heteroatoms. The summed E-state index contributed by atoms with van der Waals surface area (Å²) in [5.41, 5.74) is 2.14. The molecule has 7 nitrogen and oxygen atoms in total. The number of carbonyl (C=O) groups excluding carboxylic acids is 1. The molecule has 0 unspecified atom stereocenters. The van der Waals surface area contributed by atoms with E-state index in [1.165, 1.54) is 0 Å². The van der Waals surface area contributed by atoms with Crippen molar-refractivity contribution in [2.45, 2.75) is 13.5 Å². The van der Waals surface area contributed by atoms with Gasteiger partial charge >= 0.3 is 0 Å². The normalized spacial score (nSPS) is 13.7. The van der Waals surface area contributed by atoms with Gasteiger partial charge in [0.05, 0.1) is 22.3 Å². The molecule has 0 N–H and O–H groups in total. The van der Waals surface area contributed by atoms with E-state index in [0.717, 1.165) is 16.5 Å². The van der Waals surface area contributed by atoms with Gasteiger partial charge in [-0.15, -0.1) is 11.3 Å². The number of benzene rings is 1. The first-order valence-electron chi connectivity index (χ1n) is 9.66. The number of carbonyl (C=O) groups is 1. The van der Waals surface area contributed by atoms with Gasteiger partial charge < -0.3 is 14.5 Å². The number of piperazine rings is 1. The van der Waals surface area contributed by atoms with Crippen LogP contribution in [0.2, 0.25) is 0 Å². The molecule has 0 radical (unpaired) electrons. The third-order valence-corrected chi connectivity index (χ3v) is 5.74. The summed E-state index contributed by atoms with van der Waals surface area (Å²) in [7, 11) is 0. The van der Waals surface area contributed by atoms with Gasteiger partial charge in [0.2, 0.25) is 0 Å². The molecule has 1 saturated heterocycles. The van der Waals surface area contributed by atoms with Crippen molar-refractivity contribution in [1.82, 2.24) is 14.9 Å². The van der Waals surface area contributed by atoms with Crippen molar-refractivity contribution in [3.63, 3.8) is 0 Å². The highest BCUT2D eigenvalue weighted by molar-refractivity contribution is 7.09. The van der Waals surface area contributed by atoms with E-state index in [1.807, 2.05) is 29.3 Å². The minimum Gasteiger partial charge on any atom is -0.487 e. The third kappa shape index (κ3) is 4.58. The Kier molecular flexibility index (Phi) is 5.91. The Balaban J connectivity index is 1.32. The van der Waals surface area contributed by atoms with E-state index < -0.39 is 0 Å². The number of hydrogen-bond donors (Lipinski definition) is 0. The average Bonchev–Trinajstić information content (AvgIpc) is 3.23. The average molecular weight is 420 g/mol. The van der Waals surface area contributed by atoms with Crippen LogP contribution in [0.3, 0.4) is 0 Å².